The molecule has 2 unspecified atom stereocenters. The number of rotatable bonds is 6. The van der Waals surface area contributed by atoms with Crippen LogP contribution in [0.4, 0.5) is 0 Å². The molecule has 0 aromatic heterocycles. The van der Waals surface area contributed by atoms with Gasteiger partial charge in [-0.1, -0.05) is 18.2 Å². The maximum absolute atomic E-state index is 5.87. The molecule has 1 aliphatic heterocycles. The quantitative estimate of drug-likeness (QED) is 0.788. The van der Waals surface area contributed by atoms with E-state index in [2.05, 4.69) is 10.6 Å². The summed E-state index contributed by atoms with van der Waals surface area (Å²) >= 11 is 0. The van der Waals surface area contributed by atoms with Gasteiger partial charge < -0.3 is 20.1 Å². The first-order valence-electron chi connectivity index (χ1n) is 6.66. The van der Waals surface area contributed by atoms with Crippen molar-refractivity contribution >= 4 is 24.8 Å². The van der Waals surface area contributed by atoms with Crippen molar-refractivity contribution in [2.45, 2.75) is 25.7 Å². The summed E-state index contributed by atoms with van der Waals surface area (Å²) in [4.78, 5) is 0. The number of halogens is 2. The largest absolute Gasteiger partial charge is 0.465 e. The van der Waals surface area contributed by atoms with Gasteiger partial charge in [0.15, 0.2) is 0 Å². The van der Waals surface area contributed by atoms with Gasteiger partial charge in [-0.15, -0.1) is 24.8 Å². The fraction of sp³-hybridized carbons (Fsp3) is 0.571. The van der Waals surface area contributed by atoms with Gasteiger partial charge in [0.1, 0.15) is 5.75 Å². The maximum Gasteiger partial charge on any atom is 0.201 e. The minimum atomic E-state index is -0.185. The van der Waals surface area contributed by atoms with Crippen LogP contribution in [-0.2, 0) is 4.74 Å². The molecular weight excluding hydrogens is 299 g/mol. The summed E-state index contributed by atoms with van der Waals surface area (Å²) in [6.07, 6.45) is 0.672. The van der Waals surface area contributed by atoms with Crippen LogP contribution >= 0.6 is 24.8 Å². The van der Waals surface area contributed by atoms with E-state index in [0.717, 1.165) is 31.8 Å². The summed E-state index contributed by atoms with van der Waals surface area (Å²) in [6, 6.07) is 10.3. The number of ether oxygens (including phenoxy) is 2. The first-order chi connectivity index (χ1) is 8.88. The second kappa shape index (κ2) is 11.2. The van der Waals surface area contributed by atoms with Crippen molar-refractivity contribution in [3.05, 3.63) is 30.3 Å². The lowest BCUT2D eigenvalue weighted by Crippen LogP contribution is -2.50. The first-order valence-corrected chi connectivity index (χ1v) is 6.66. The molecule has 1 fully saturated rings. The molecule has 0 radical (unpaired) electrons. The third kappa shape index (κ3) is 6.77. The van der Waals surface area contributed by atoms with Crippen LogP contribution in [0.3, 0.4) is 0 Å². The minimum absolute atomic E-state index is 0. The average Bonchev–Trinajstić information content (AvgIpc) is 2.41. The highest BCUT2D eigenvalue weighted by Gasteiger charge is 2.19. The van der Waals surface area contributed by atoms with Gasteiger partial charge in [0.05, 0.1) is 0 Å². The Morgan fingerprint density at radius 3 is 2.55 bits per heavy atom. The molecule has 6 heteroatoms. The van der Waals surface area contributed by atoms with E-state index in [1.54, 1.807) is 0 Å². The Morgan fingerprint density at radius 1 is 1.20 bits per heavy atom. The summed E-state index contributed by atoms with van der Waals surface area (Å²) in [6.45, 7) is 5.68. The number of piperazine rings is 1. The van der Waals surface area contributed by atoms with Crippen molar-refractivity contribution in [1.29, 1.82) is 0 Å². The van der Waals surface area contributed by atoms with Crippen molar-refractivity contribution in [3.63, 3.8) is 0 Å². The predicted octanol–water partition coefficient (Wildman–Crippen LogP) is 2.22. The zero-order chi connectivity index (χ0) is 12.6. The van der Waals surface area contributed by atoms with Crippen LogP contribution in [0.15, 0.2) is 30.3 Å². The van der Waals surface area contributed by atoms with Crippen LogP contribution in [0.2, 0.25) is 0 Å². The Morgan fingerprint density at radius 2 is 1.95 bits per heavy atom. The molecule has 116 valence electrons. The Kier molecular flexibility index (Phi) is 10.9. The number of benzene rings is 1. The maximum atomic E-state index is 5.87. The van der Waals surface area contributed by atoms with Crippen molar-refractivity contribution in [3.8, 4) is 5.75 Å². The Hall–Kier alpha value is -0.520. The average molecular weight is 323 g/mol. The zero-order valence-corrected chi connectivity index (χ0v) is 13.3. The first kappa shape index (κ1) is 19.5. The lowest BCUT2D eigenvalue weighted by molar-refractivity contribution is -0.0850. The van der Waals surface area contributed by atoms with Crippen molar-refractivity contribution in [2.24, 2.45) is 0 Å². The predicted molar refractivity (Wildman–Crippen MR) is 86.3 cm³/mol. The summed E-state index contributed by atoms with van der Waals surface area (Å²) < 4.78 is 11.5. The monoisotopic (exact) mass is 322 g/mol. The van der Waals surface area contributed by atoms with E-state index in [-0.39, 0.29) is 31.1 Å². The van der Waals surface area contributed by atoms with E-state index in [1.165, 1.54) is 0 Å². The number of nitrogens with one attached hydrogen (secondary N) is 2. The minimum Gasteiger partial charge on any atom is -0.465 e. The molecule has 1 heterocycles. The van der Waals surface area contributed by atoms with E-state index in [1.807, 2.05) is 37.3 Å². The van der Waals surface area contributed by atoms with Crippen molar-refractivity contribution in [2.75, 3.05) is 26.2 Å². The highest BCUT2D eigenvalue weighted by atomic mass is 35.5. The van der Waals surface area contributed by atoms with Crippen molar-refractivity contribution in [1.82, 2.24) is 10.6 Å². The highest BCUT2D eigenvalue weighted by molar-refractivity contribution is 5.85. The lowest BCUT2D eigenvalue weighted by atomic mass is 10.1. The van der Waals surface area contributed by atoms with Gasteiger partial charge in [0, 0.05) is 38.7 Å². The van der Waals surface area contributed by atoms with Crippen LogP contribution in [0.1, 0.15) is 13.3 Å². The summed E-state index contributed by atoms with van der Waals surface area (Å²) in [7, 11) is 0. The molecule has 2 N–H and O–H groups in total. The third-order valence-electron chi connectivity index (χ3n) is 2.97. The topological polar surface area (TPSA) is 42.5 Å². The second-order valence-electron chi connectivity index (χ2n) is 4.41. The van der Waals surface area contributed by atoms with Gasteiger partial charge in [-0.05, 0) is 19.1 Å². The van der Waals surface area contributed by atoms with Crippen LogP contribution in [0.25, 0.3) is 0 Å². The molecule has 1 aromatic carbocycles. The number of para-hydroxylation sites is 1. The summed E-state index contributed by atoms with van der Waals surface area (Å²) in [5.74, 6) is 0.861. The third-order valence-corrected chi connectivity index (χ3v) is 2.97. The fourth-order valence-corrected chi connectivity index (χ4v) is 2.10. The molecule has 0 spiro atoms. The van der Waals surface area contributed by atoms with E-state index >= 15 is 0 Å². The molecular formula is C14H24Cl2N2O2. The van der Waals surface area contributed by atoms with E-state index < -0.39 is 0 Å². The van der Waals surface area contributed by atoms with Gasteiger partial charge in [0.2, 0.25) is 6.29 Å². The Balaban J connectivity index is 0.00000180. The summed E-state index contributed by atoms with van der Waals surface area (Å²) in [5, 5.41) is 6.84. The highest BCUT2D eigenvalue weighted by Crippen LogP contribution is 2.14. The molecule has 1 saturated heterocycles. The van der Waals surface area contributed by atoms with Gasteiger partial charge >= 0.3 is 0 Å². The lowest BCUT2D eigenvalue weighted by Gasteiger charge is -2.28. The molecule has 0 saturated carbocycles. The van der Waals surface area contributed by atoms with Crippen molar-refractivity contribution < 1.29 is 9.47 Å². The standard InChI is InChI=1S/C14H22N2O2.2ClH/c1-2-17-14(10-12-11-15-8-9-16-12)18-13-6-4-3-5-7-13;;/h3-7,12,14-16H,2,8-11H2,1H3;2*1H. The molecule has 0 aliphatic carbocycles. The second-order valence-corrected chi connectivity index (χ2v) is 4.41. The van der Waals surface area contributed by atoms with Crippen LogP contribution < -0.4 is 15.4 Å². The van der Waals surface area contributed by atoms with Crippen LogP contribution in [0, 0.1) is 0 Å². The zero-order valence-electron chi connectivity index (χ0n) is 11.7. The molecule has 0 amide bonds. The van der Waals surface area contributed by atoms with Gasteiger partial charge in [-0.25, -0.2) is 0 Å². The van der Waals surface area contributed by atoms with E-state index in [4.69, 9.17) is 9.47 Å². The molecule has 0 bridgehead atoms. The molecule has 2 rings (SSSR count). The molecule has 1 aliphatic rings. The Labute approximate surface area is 133 Å². The molecule has 1 aromatic rings. The summed E-state index contributed by atoms with van der Waals surface area (Å²) in [5.41, 5.74) is 0. The SMILES string of the molecule is CCOC(CC1CNCCN1)Oc1ccccc1.Cl.Cl. The molecule has 2 atom stereocenters. The Bertz CT molecular complexity index is 335. The fourth-order valence-electron chi connectivity index (χ4n) is 2.10. The number of hydrogen-bond donors (Lipinski definition) is 2. The normalized spacial score (nSPS) is 19.4. The van der Waals surface area contributed by atoms with Crippen LogP contribution in [0.5, 0.6) is 5.75 Å². The number of hydrogen-bond acceptors (Lipinski definition) is 4. The smallest absolute Gasteiger partial charge is 0.201 e. The van der Waals surface area contributed by atoms with Crippen LogP contribution in [-0.4, -0.2) is 38.6 Å². The molecule has 20 heavy (non-hydrogen) atoms. The molecule has 4 nitrogen and oxygen atoms in total. The van der Waals surface area contributed by atoms with Gasteiger partial charge in [-0.2, -0.15) is 0 Å². The van der Waals surface area contributed by atoms with E-state index in [9.17, 15) is 0 Å². The van der Waals surface area contributed by atoms with Gasteiger partial charge in [0.25, 0.3) is 0 Å². The van der Waals surface area contributed by atoms with E-state index in [0.29, 0.717) is 12.6 Å². The van der Waals surface area contributed by atoms with Gasteiger partial charge in [-0.3, -0.25) is 0 Å².